The van der Waals surface area contributed by atoms with Crippen LogP contribution in [-0.4, -0.2) is 20.5 Å². The van der Waals surface area contributed by atoms with E-state index in [9.17, 15) is 8.42 Å². The molecule has 0 aliphatic rings. The first kappa shape index (κ1) is 17.1. The van der Waals surface area contributed by atoms with Gasteiger partial charge in [-0.3, -0.25) is 0 Å². The van der Waals surface area contributed by atoms with Crippen LogP contribution in [0.4, 0.5) is 0 Å². The zero-order chi connectivity index (χ0) is 15.3. The van der Waals surface area contributed by atoms with Crippen LogP contribution in [0.1, 0.15) is 40.2 Å². The number of sulfonamides is 1. The molecule has 0 spiro atoms. The van der Waals surface area contributed by atoms with Gasteiger partial charge in [-0.05, 0) is 30.5 Å². The topological polar surface area (TPSA) is 58.2 Å². The SMILES string of the molecule is CC(C)NCc1cccc(S(=O)(=O)NC(C)C(C)C)c1. The molecule has 0 saturated carbocycles. The van der Waals surface area contributed by atoms with E-state index in [1.165, 1.54) is 0 Å². The lowest BCUT2D eigenvalue weighted by Crippen LogP contribution is -2.36. The maximum absolute atomic E-state index is 12.3. The molecule has 0 heterocycles. The predicted molar refractivity (Wildman–Crippen MR) is 83.0 cm³/mol. The Hall–Kier alpha value is -0.910. The summed E-state index contributed by atoms with van der Waals surface area (Å²) in [6, 6.07) is 7.36. The Morgan fingerprint density at radius 2 is 1.75 bits per heavy atom. The average molecular weight is 298 g/mol. The Balaban J connectivity index is 2.87. The van der Waals surface area contributed by atoms with Crippen LogP contribution in [0, 0.1) is 5.92 Å². The van der Waals surface area contributed by atoms with Crippen molar-refractivity contribution in [2.24, 2.45) is 5.92 Å². The van der Waals surface area contributed by atoms with Gasteiger partial charge in [0.1, 0.15) is 0 Å². The van der Waals surface area contributed by atoms with Gasteiger partial charge in [0.2, 0.25) is 10.0 Å². The monoisotopic (exact) mass is 298 g/mol. The first-order chi connectivity index (χ1) is 9.22. The molecule has 0 bridgehead atoms. The van der Waals surface area contributed by atoms with Crippen LogP contribution < -0.4 is 10.0 Å². The van der Waals surface area contributed by atoms with E-state index in [1.54, 1.807) is 18.2 Å². The third-order valence-electron chi connectivity index (χ3n) is 3.26. The standard InChI is InChI=1S/C15H26N2O2S/c1-11(2)13(5)17-20(18,19)15-8-6-7-14(9-15)10-16-12(3)4/h6-9,11-13,16-17H,10H2,1-5H3. The lowest BCUT2D eigenvalue weighted by Gasteiger charge is -2.18. The quantitative estimate of drug-likeness (QED) is 0.813. The molecule has 0 fully saturated rings. The minimum atomic E-state index is -3.44. The number of benzene rings is 1. The largest absolute Gasteiger partial charge is 0.310 e. The second-order valence-electron chi connectivity index (χ2n) is 5.84. The van der Waals surface area contributed by atoms with Gasteiger partial charge >= 0.3 is 0 Å². The van der Waals surface area contributed by atoms with E-state index in [0.717, 1.165) is 5.56 Å². The van der Waals surface area contributed by atoms with Crippen LogP contribution in [0.3, 0.4) is 0 Å². The Kier molecular flexibility index (Phi) is 6.17. The number of hydrogen-bond acceptors (Lipinski definition) is 3. The van der Waals surface area contributed by atoms with E-state index in [2.05, 4.69) is 23.9 Å². The molecule has 0 amide bonds. The molecule has 1 unspecified atom stereocenters. The summed E-state index contributed by atoms with van der Waals surface area (Å²) in [6.07, 6.45) is 0. The highest BCUT2D eigenvalue weighted by Crippen LogP contribution is 2.13. The van der Waals surface area contributed by atoms with E-state index in [0.29, 0.717) is 17.5 Å². The molecule has 20 heavy (non-hydrogen) atoms. The van der Waals surface area contributed by atoms with E-state index >= 15 is 0 Å². The number of hydrogen-bond donors (Lipinski definition) is 2. The van der Waals surface area contributed by atoms with Gasteiger partial charge < -0.3 is 5.32 Å². The number of rotatable bonds is 7. The van der Waals surface area contributed by atoms with Gasteiger partial charge in [0, 0.05) is 18.6 Å². The van der Waals surface area contributed by atoms with Gasteiger partial charge in [0.05, 0.1) is 4.90 Å². The van der Waals surface area contributed by atoms with Crippen LogP contribution in [0.5, 0.6) is 0 Å². The van der Waals surface area contributed by atoms with Crippen LogP contribution >= 0.6 is 0 Å². The molecule has 0 aliphatic heterocycles. The van der Waals surface area contributed by atoms with Crippen molar-refractivity contribution in [2.75, 3.05) is 0 Å². The first-order valence-corrected chi connectivity index (χ1v) is 8.55. The molecule has 4 nitrogen and oxygen atoms in total. The van der Waals surface area contributed by atoms with Crippen molar-refractivity contribution in [1.82, 2.24) is 10.0 Å². The molecule has 0 radical (unpaired) electrons. The van der Waals surface area contributed by atoms with Gasteiger partial charge in [-0.15, -0.1) is 0 Å². The fraction of sp³-hybridized carbons (Fsp3) is 0.600. The molecule has 5 heteroatoms. The van der Waals surface area contributed by atoms with Gasteiger partial charge in [0.25, 0.3) is 0 Å². The third-order valence-corrected chi connectivity index (χ3v) is 4.82. The fourth-order valence-corrected chi connectivity index (χ4v) is 3.06. The van der Waals surface area contributed by atoms with E-state index in [4.69, 9.17) is 0 Å². The fourth-order valence-electron chi connectivity index (χ4n) is 1.59. The summed E-state index contributed by atoms with van der Waals surface area (Å²) in [6.45, 7) is 10.7. The van der Waals surface area contributed by atoms with Crippen molar-refractivity contribution < 1.29 is 8.42 Å². The highest BCUT2D eigenvalue weighted by molar-refractivity contribution is 7.89. The Bertz CT molecular complexity index is 524. The van der Waals surface area contributed by atoms with Crippen molar-refractivity contribution in [3.8, 4) is 0 Å². The van der Waals surface area contributed by atoms with Crippen LogP contribution in [0.25, 0.3) is 0 Å². The van der Waals surface area contributed by atoms with Crippen molar-refractivity contribution in [3.05, 3.63) is 29.8 Å². The lowest BCUT2D eigenvalue weighted by molar-refractivity contribution is 0.476. The molecule has 2 N–H and O–H groups in total. The molecule has 1 rings (SSSR count). The highest BCUT2D eigenvalue weighted by atomic mass is 32.2. The van der Waals surface area contributed by atoms with Crippen LogP contribution in [-0.2, 0) is 16.6 Å². The molecule has 1 aromatic carbocycles. The summed E-state index contributed by atoms with van der Waals surface area (Å²) >= 11 is 0. The smallest absolute Gasteiger partial charge is 0.240 e. The van der Waals surface area contributed by atoms with Gasteiger partial charge in [-0.1, -0.05) is 39.8 Å². The zero-order valence-corrected chi connectivity index (χ0v) is 13.8. The molecule has 0 aliphatic carbocycles. The molecule has 114 valence electrons. The highest BCUT2D eigenvalue weighted by Gasteiger charge is 2.19. The maximum atomic E-state index is 12.3. The Morgan fingerprint density at radius 3 is 2.30 bits per heavy atom. The van der Waals surface area contributed by atoms with Gasteiger partial charge in [-0.2, -0.15) is 0 Å². The first-order valence-electron chi connectivity index (χ1n) is 7.07. The van der Waals surface area contributed by atoms with Gasteiger partial charge in [-0.25, -0.2) is 13.1 Å². The van der Waals surface area contributed by atoms with Crippen LogP contribution in [0.15, 0.2) is 29.2 Å². The second kappa shape index (κ2) is 7.20. The second-order valence-corrected chi connectivity index (χ2v) is 7.55. The summed E-state index contributed by atoms with van der Waals surface area (Å²) < 4.78 is 27.3. The van der Waals surface area contributed by atoms with Crippen molar-refractivity contribution in [2.45, 2.75) is 58.1 Å². The maximum Gasteiger partial charge on any atom is 0.240 e. The zero-order valence-electron chi connectivity index (χ0n) is 13.0. The summed E-state index contributed by atoms with van der Waals surface area (Å²) in [5.41, 5.74) is 0.971. The summed E-state index contributed by atoms with van der Waals surface area (Å²) in [4.78, 5) is 0.327. The number of nitrogens with one attached hydrogen (secondary N) is 2. The van der Waals surface area contributed by atoms with E-state index in [1.807, 2.05) is 26.8 Å². The summed E-state index contributed by atoms with van der Waals surface area (Å²) in [7, 11) is -3.44. The minimum absolute atomic E-state index is 0.0857. The Labute approximate surface area is 123 Å². The van der Waals surface area contributed by atoms with Crippen molar-refractivity contribution in [3.63, 3.8) is 0 Å². The molecular formula is C15H26N2O2S. The summed E-state index contributed by atoms with van der Waals surface area (Å²) in [5.74, 6) is 0.260. The van der Waals surface area contributed by atoms with E-state index < -0.39 is 10.0 Å². The lowest BCUT2D eigenvalue weighted by atomic mass is 10.1. The Morgan fingerprint density at radius 1 is 1.10 bits per heavy atom. The summed E-state index contributed by atoms with van der Waals surface area (Å²) in [5, 5.41) is 3.28. The normalized spacial score (nSPS) is 13.9. The molecule has 1 aromatic rings. The molecule has 0 saturated heterocycles. The van der Waals surface area contributed by atoms with Crippen molar-refractivity contribution >= 4 is 10.0 Å². The predicted octanol–water partition coefficient (Wildman–Crippen LogP) is 2.51. The molecular weight excluding hydrogens is 272 g/mol. The van der Waals surface area contributed by atoms with Crippen molar-refractivity contribution in [1.29, 1.82) is 0 Å². The molecule has 0 aromatic heterocycles. The van der Waals surface area contributed by atoms with Crippen LogP contribution in [0.2, 0.25) is 0 Å². The molecule has 1 atom stereocenters. The average Bonchev–Trinajstić information content (AvgIpc) is 2.36. The minimum Gasteiger partial charge on any atom is -0.310 e. The third kappa shape index (κ3) is 5.23. The van der Waals surface area contributed by atoms with Gasteiger partial charge in [0.15, 0.2) is 0 Å². The van der Waals surface area contributed by atoms with E-state index in [-0.39, 0.29) is 12.0 Å².